The van der Waals surface area contributed by atoms with E-state index in [1.807, 2.05) is 23.5 Å². The molecule has 7 heteroatoms. The van der Waals surface area contributed by atoms with Gasteiger partial charge in [-0.3, -0.25) is 15.0 Å². The van der Waals surface area contributed by atoms with Gasteiger partial charge in [0.2, 0.25) is 0 Å². The van der Waals surface area contributed by atoms with Gasteiger partial charge in [-0.2, -0.15) is 5.43 Å². The number of fused-ring (bicyclic) bond motifs is 1. The van der Waals surface area contributed by atoms with E-state index in [2.05, 4.69) is 33.3 Å². The molecule has 3 aliphatic heterocycles. The van der Waals surface area contributed by atoms with Crippen molar-refractivity contribution < 1.29 is 0 Å². The van der Waals surface area contributed by atoms with Gasteiger partial charge in [-0.1, -0.05) is 6.92 Å². The van der Waals surface area contributed by atoms with E-state index in [1.165, 1.54) is 12.8 Å². The minimum atomic E-state index is -0.471. The van der Waals surface area contributed by atoms with Gasteiger partial charge in [0.25, 0.3) is 0 Å². The van der Waals surface area contributed by atoms with Crippen molar-refractivity contribution in [1.82, 2.24) is 20.4 Å². The highest BCUT2D eigenvalue weighted by Gasteiger charge is 2.34. The van der Waals surface area contributed by atoms with Gasteiger partial charge < -0.3 is 4.90 Å². The van der Waals surface area contributed by atoms with Crippen LogP contribution < -0.4 is 10.3 Å². The molecule has 1 atom stereocenters. The first-order valence-corrected chi connectivity index (χ1v) is 8.41. The predicted molar refractivity (Wildman–Crippen MR) is 95.6 cm³/mol. The summed E-state index contributed by atoms with van der Waals surface area (Å²) in [5.41, 5.74) is 3.78. The van der Waals surface area contributed by atoms with Crippen molar-refractivity contribution in [3.63, 3.8) is 0 Å². The fourth-order valence-electron chi connectivity index (χ4n) is 3.09. The molecule has 1 saturated heterocycles. The molecule has 1 fully saturated rings. The van der Waals surface area contributed by atoms with Gasteiger partial charge in [0.15, 0.2) is 5.84 Å². The summed E-state index contributed by atoms with van der Waals surface area (Å²) < 4.78 is 0. The third-order valence-electron chi connectivity index (χ3n) is 4.51. The maximum absolute atomic E-state index is 4.76. The van der Waals surface area contributed by atoms with E-state index in [-0.39, 0.29) is 0 Å². The summed E-state index contributed by atoms with van der Waals surface area (Å²) in [6.07, 6.45) is 16.3. The van der Waals surface area contributed by atoms with Gasteiger partial charge in [-0.05, 0) is 31.4 Å². The minimum Gasteiger partial charge on any atom is -0.355 e. The SMILES string of the molecule is CCC1(/C=C/c2cncc(N3CCCC3)n2)N=C2C=NC=CN2N1. The Labute approximate surface area is 141 Å². The van der Waals surface area contributed by atoms with Gasteiger partial charge in [-0.25, -0.2) is 9.98 Å². The zero-order chi connectivity index (χ0) is 16.4. The summed E-state index contributed by atoms with van der Waals surface area (Å²) in [7, 11) is 0. The number of amidine groups is 1. The van der Waals surface area contributed by atoms with Gasteiger partial charge in [0, 0.05) is 25.5 Å². The first-order valence-electron chi connectivity index (χ1n) is 8.41. The summed E-state index contributed by atoms with van der Waals surface area (Å²) in [5, 5.41) is 1.90. The van der Waals surface area contributed by atoms with Crippen molar-refractivity contribution in [3.05, 3.63) is 36.6 Å². The third-order valence-corrected chi connectivity index (χ3v) is 4.51. The van der Waals surface area contributed by atoms with E-state index in [9.17, 15) is 0 Å². The number of hydrogen-bond acceptors (Lipinski definition) is 7. The quantitative estimate of drug-likeness (QED) is 0.917. The van der Waals surface area contributed by atoms with Crippen LogP contribution in [0.25, 0.3) is 6.08 Å². The standard InChI is InChI=1S/C17H21N7/c1-2-17(21-16-13-18-7-10-24(16)22-17)6-5-14-11-19-12-15(20-14)23-8-3-4-9-23/h5-7,10-13,22H,2-4,8-9H2,1H3/b6-5+. The molecule has 0 bridgehead atoms. The van der Waals surface area contributed by atoms with Crippen LogP contribution in [0.5, 0.6) is 0 Å². The first kappa shape index (κ1) is 15.0. The summed E-state index contributed by atoms with van der Waals surface area (Å²) in [4.78, 5) is 20.2. The zero-order valence-corrected chi connectivity index (χ0v) is 13.8. The molecule has 124 valence electrons. The van der Waals surface area contributed by atoms with Crippen LogP contribution >= 0.6 is 0 Å². The van der Waals surface area contributed by atoms with Crippen LogP contribution in [0.3, 0.4) is 0 Å². The van der Waals surface area contributed by atoms with E-state index in [0.29, 0.717) is 0 Å². The van der Waals surface area contributed by atoms with Crippen molar-refractivity contribution in [2.24, 2.45) is 9.98 Å². The largest absolute Gasteiger partial charge is 0.355 e. The Morgan fingerprint density at radius 3 is 2.96 bits per heavy atom. The number of hydrazine groups is 1. The van der Waals surface area contributed by atoms with Crippen molar-refractivity contribution in [1.29, 1.82) is 0 Å². The van der Waals surface area contributed by atoms with Crippen molar-refractivity contribution >= 4 is 23.9 Å². The van der Waals surface area contributed by atoms with Crippen LogP contribution in [0.15, 0.2) is 40.9 Å². The van der Waals surface area contributed by atoms with Crippen molar-refractivity contribution in [3.8, 4) is 0 Å². The fraction of sp³-hybridized carbons (Fsp3) is 0.412. The summed E-state index contributed by atoms with van der Waals surface area (Å²) >= 11 is 0. The van der Waals surface area contributed by atoms with Crippen LogP contribution in [-0.4, -0.2) is 45.8 Å². The molecule has 1 N–H and O–H groups in total. The van der Waals surface area contributed by atoms with Crippen LogP contribution in [0.1, 0.15) is 31.9 Å². The summed E-state index contributed by atoms with van der Waals surface area (Å²) in [6, 6.07) is 0. The van der Waals surface area contributed by atoms with E-state index < -0.39 is 5.66 Å². The van der Waals surface area contributed by atoms with Crippen LogP contribution in [-0.2, 0) is 0 Å². The van der Waals surface area contributed by atoms with Crippen LogP contribution in [0.4, 0.5) is 5.82 Å². The Morgan fingerprint density at radius 1 is 1.29 bits per heavy atom. The molecule has 0 aliphatic carbocycles. The first-order chi connectivity index (χ1) is 11.8. The number of rotatable bonds is 4. The lowest BCUT2D eigenvalue weighted by Gasteiger charge is -2.24. The Kier molecular flexibility index (Phi) is 3.86. The molecular formula is C17H21N7. The van der Waals surface area contributed by atoms with Crippen LogP contribution in [0.2, 0.25) is 0 Å². The molecule has 4 rings (SSSR count). The monoisotopic (exact) mass is 323 g/mol. The van der Waals surface area contributed by atoms with E-state index >= 15 is 0 Å². The van der Waals surface area contributed by atoms with E-state index in [4.69, 9.17) is 9.98 Å². The van der Waals surface area contributed by atoms with Gasteiger partial charge in [0.1, 0.15) is 11.5 Å². The average molecular weight is 323 g/mol. The molecule has 7 nitrogen and oxygen atoms in total. The van der Waals surface area contributed by atoms with Gasteiger partial charge in [0.05, 0.1) is 24.3 Å². The predicted octanol–water partition coefficient (Wildman–Crippen LogP) is 1.97. The minimum absolute atomic E-state index is 0.471. The lowest BCUT2D eigenvalue weighted by atomic mass is 10.1. The second kappa shape index (κ2) is 6.16. The third kappa shape index (κ3) is 2.82. The van der Waals surface area contributed by atoms with E-state index in [1.54, 1.807) is 18.6 Å². The number of hydrogen-bond donors (Lipinski definition) is 1. The molecule has 0 saturated carbocycles. The number of aliphatic imine (C=N–C) groups is 2. The normalized spacial score (nSPS) is 25.6. The molecular weight excluding hydrogens is 302 g/mol. The molecule has 0 radical (unpaired) electrons. The molecule has 4 heterocycles. The molecule has 0 spiro atoms. The highest BCUT2D eigenvalue weighted by Crippen LogP contribution is 2.24. The fourth-order valence-corrected chi connectivity index (χ4v) is 3.09. The number of aromatic nitrogens is 2. The second-order valence-corrected chi connectivity index (χ2v) is 6.14. The molecule has 0 amide bonds. The molecule has 24 heavy (non-hydrogen) atoms. The Bertz CT molecular complexity index is 730. The molecule has 3 aliphatic rings. The topological polar surface area (TPSA) is 69.0 Å². The zero-order valence-electron chi connectivity index (χ0n) is 13.8. The highest BCUT2D eigenvalue weighted by atomic mass is 15.6. The lowest BCUT2D eigenvalue weighted by molar-refractivity contribution is 0.308. The van der Waals surface area contributed by atoms with Crippen molar-refractivity contribution in [2.45, 2.75) is 31.8 Å². The maximum atomic E-state index is 4.76. The van der Waals surface area contributed by atoms with Crippen LogP contribution in [0, 0.1) is 0 Å². The second-order valence-electron chi connectivity index (χ2n) is 6.14. The van der Waals surface area contributed by atoms with Gasteiger partial charge >= 0.3 is 0 Å². The molecule has 0 aromatic carbocycles. The lowest BCUT2D eigenvalue weighted by Crippen LogP contribution is -2.44. The molecule has 1 aromatic rings. The Hall–Kier alpha value is -2.54. The number of nitrogens with one attached hydrogen (secondary N) is 1. The number of nitrogens with zero attached hydrogens (tertiary/aromatic N) is 6. The molecule has 1 aromatic heterocycles. The van der Waals surface area contributed by atoms with Crippen molar-refractivity contribution in [2.75, 3.05) is 18.0 Å². The number of anilines is 1. The summed E-state index contributed by atoms with van der Waals surface area (Å²) in [6.45, 7) is 4.24. The van der Waals surface area contributed by atoms with E-state index in [0.717, 1.165) is 36.9 Å². The highest BCUT2D eigenvalue weighted by molar-refractivity contribution is 6.30. The Morgan fingerprint density at radius 2 is 2.17 bits per heavy atom. The maximum Gasteiger partial charge on any atom is 0.163 e. The summed E-state index contributed by atoms with van der Waals surface area (Å²) in [5.74, 6) is 1.78. The average Bonchev–Trinajstić information content (AvgIpc) is 3.28. The smallest absolute Gasteiger partial charge is 0.163 e. The Balaban J connectivity index is 1.56. The molecule has 1 unspecified atom stereocenters. The van der Waals surface area contributed by atoms with Gasteiger partial charge in [-0.15, -0.1) is 0 Å².